The van der Waals surface area contributed by atoms with Crippen LogP contribution < -0.4 is 0 Å². The minimum atomic E-state index is -0.855. The predicted molar refractivity (Wildman–Crippen MR) is 60.6 cm³/mol. The number of benzene rings is 1. The van der Waals surface area contributed by atoms with E-state index < -0.39 is 11.6 Å². The third kappa shape index (κ3) is 2.02. The molecule has 1 aromatic carbocycles. The molecule has 0 aliphatic heterocycles. The molecule has 1 unspecified atom stereocenters. The van der Waals surface area contributed by atoms with E-state index >= 15 is 0 Å². The van der Waals surface area contributed by atoms with Gasteiger partial charge in [0.15, 0.2) is 11.6 Å². The first-order chi connectivity index (χ1) is 7.59. The highest BCUT2D eigenvalue weighted by molar-refractivity contribution is 9.09. The van der Waals surface area contributed by atoms with E-state index in [-0.39, 0.29) is 4.83 Å². The van der Waals surface area contributed by atoms with Crippen LogP contribution in [0.5, 0.6) is 0 Å². The molecule has 2 rings (SSSR count). The van der Waals surface area contributed by atoms with Gasteiger partial charge in [-0.05, 0) is 36.2 Å². The van der Waals surface area contributed by atoms with Crippen LogP contribution in [0.15, 0.2) is 34.9 Å². The number of rotatable bonds is 2. The van der Waals surface area contributed by atoms with Gasteiger partial charge in [-0.15, -0.1) is 0 Å². The summed E-state index contributed by atoms with van der Waals surface area (Å²) in [6.45, 7) is 1.90. The van der Waals surface area contributed by atoms with Gasteiger partial charge >= 0.3 is 0 Å². The van der Waals surface area contributed by atoms with Crippen LogP contribution in [0.1, 0.15) is 21.7 Å². The van der Waals surface area contributed by atoms with Gasteiger partial charge in [0.2, 0.25) is 0 Å². The lowest BCUT2D eigenvalue weighted by Crippen LogP contribution is -1.95. The highest BCUT2D eigenvalue weighted by Crippen LogP contribution is 2.33. The van der Waals surface area contributed by atoms with E-state index in [1.165, 1.54) is 6.07 Å². The molecule has 0 saturated heterocycles. The fourth-order valence-electron chi connectivity index (χ4n) is 1.47. The van der Waals surface area contributed by atoms with Crippen molar-refractivity contribution in [2.24, 2.45) is 0 Å². The van der Waals surface area contributed by atoms with Crippen LogP contribution in [0.3, 0.4) is 0 Å². The van der Waals surface area contributed by atoms with Gasteiger partial charge in [-0.25, -0.2) is 8.78 Å². The zero-order valence-corrected chi connectivity index (χ0v) is 10.1. The van der Waals surface area contributed by atoms with Gasteiger partial charge in [-0.1, -0.05) is 22.0 Å². The highest BCUT2D eigenvalue weighted by Gasteiger charge is 2.17. The molecular weight excluding hydrogens is 278 g/mol. The largest absolute Gasteiger partial charge is 0.468 e. The number of halogens is 3. The molecule has 0 saturated carbocycles. The zero-order valence-electron chi connectivity index (χ0n) is 8.51. The highest BCUT2D eigenvalue weighted by atomic mass is 79.9. The average Bonchev–Trinajstić information content (AvgIpc) is 2.67. The smallest absolute Gasteiger partial charge is 0.159 e. The van der Waals surface area contributed by atoms with Gasteiger partial charge in [-0.3, -0.25) is 0 Å². The van der Waals surface area contributed by atoms with Crippen LogP contribution in [0, 0.1) is 18.6 Å². The van der Waals surface area contributed by atoms with Crippen molar-refractivity contribution in [3.63, 3.8) is 0 Å². The molecule has 1 aromatic heterocycles. The predicted octanol–water partition coefficient (Wildman–Crippen LogP) is 4.35. The topological polar surface area (TPSA) is 13.1 Å². The number of alkyl halides is 1. The summed E-state index contributed by atoms with van der Waals surface area (Å²) in [4.78, 5) is -0.266. The summed E-state index contributed by atoms with van der Waals surface area (Å²) in [6, 6.07) is 5.62. The van der Waals surface area contributed by atoms with Gasteiger partial charge in [0.05, 0.1) is 11.1 Å². The lowest BCUT2D eigenvalue weighted by atomic mass is 10.1. The maximum atomic E-state index is 13.1. The van der Waals surface area contributed by atoms with Crippen LogP contribution >= 0.6 is 15.9 Å². The molecule has 2 aromatic rings. The molecule has 0 N–H and O–H groups in total. The van der Waals surface area contributed by atoms with E-state index in [9.17, 15) is 8.78 Å². The Labute approximate surface area is 100 Å². The summed E-state index contributed by atoms with van der Waals surface area (Å²) in [5, 5.41) is 0. The summed E-state index contributed by atoms with van der Waals surface area (Å²) in [5.74, 6) is -1.00. The van der Waals surface area contributed by atoms with Crippen molar-refractivity contribution in [2.45, 2.75) is 11.8 Å². The maximum Gasteiger partial charge on any atom is 0.159 e. The molecule has 0 aliphatic carbocycles. The molecule has 0 spiro atoms. The molecule has 0 fully saturated rings. The van der Waals surface area contributed by atoms with Crippen molar-refractivity contribution in [1.29, 1.82) is 0 Å². The van der Waals surface area contributed by atoms with Gasteiger partial charge < -0.3 is 4.42 Å². The molecule has 16 heavy (non-hydrogen) atoms. The summed E-state index contributed by atoms with van der Waals surface area (Å²) >= 11 is 3.40. The van der Waals surface area contributed by atoms with Gasteiger partial charge in [0, 0.05) is 0 Å². The van der Waals surface area contributed by atoms with Crippen molar-refractivity contribution in [2.75, 3.05) is 0 Å². The second kappa shape index (κ2) is 4.37. The summed E-state index contributed by atoms with van der Waals surface area (Å²) in [7, 11) is 0. The van der Waals surface area contributed by atoms with Crippen molar-refractivity contribution in [3.8, 4) is 0 Å². The third-order valence-corrected chi connectivity index (χ3v) is 3.31. The quantitative estimate of drug-likeness (QED) is 0.748. The minimum absolute atomic E-state index is 0.266. The molecule has 1 atom stereocenters. The fourth-order valence-corrected chi connectivity index (χ4v) is 2.22. The van der Waals surface area contributed by atoms with E-state index in [1.54, 1.807) is 6.26 Å². The SMILES string of the molecule is Cc1ccoc1C(Br)c1ccc(F)c(F)c1. The first kappa shape index (κ1) is 11.3. The molecular formula is C12H9BrF2O. The zero-order chi connectivity index (χ0) is 11.7. The summed E-state index contributed by atoms with van der Waals surface area (Å²) in [5.41, 5.74) is 1.59. The van der Waals surface area contributed by atoms with Gasteiger partial charge in [0.25, 0.3) is 0 Å². The number of hydrogen-bond donors (Lipinski definition) is 0. The van der Waals surface area contributed by atoms with Crippen LogP contribution in [-0.2, 0) is 0 Å². The molecule has 0 bridgehead atoms. The van der Waals surface area contributed by atoms with Gasteiger partial charge in [0.1, 0.15) is 5.76 Å². The Hall–Kier alpha value is -1.16. The Morgan fingerprint density at radius 2 is 1.94 bits per heavy atom. The molecule has 4 heteroatoms. The first-order valence-corrected chi connectivity index (χ1v) is 5.64. The van der Waals surface area contributed by atoms with Crippen molar-refractivity contribution in [3.05, 3.63) is 59.1 Å². The number of hydrogen-bond acceptors (Lipinski definition) is 1. The molecule has 1 nitrogen and oxygen atoms in total. The first-order valence-electron chi connectivity index (χ1n) is 4.72. The van der Waals surface area contributed by atoms with E-state index in [0.717, 1.165) is 17.7 Å². The lowest BCUT2D eigenvalue weighted by molar-refractivity contribution is 0.502. The van der Waals surface area contributed by atoms with Crippen molar-refractivity contribution < 1.29 is 13.2 Å². The molecule has 0 aliphatic rings. The normalized spacial score (nSPS) is 12.8. The Bertz CT molecular complexity index is 507. The second-order valence-corrected chi connectivity index (χ2v) is 4.42. The fraction of sp³-hybridized carbons (Fsp3) is 0.167. The lowest BCUT2D eigenvalue weighted by Gasteiger charge is -2.08. The van der Waals surface area contributed by atoms with Crippen LogP contribution in [-0.4, -0.2) is 0 Å². The molecule has 84 valence electrons. The summed E-state index contributed by atoms with van der Waals surface area (Å²) in [6.07, 6.45) is 1.57. The monoisotopic (exact) mass is 286 g/mol. The van der Waals surface area contributed by atoms with E-state index in [4.69, 9.17) is 4.42 Å². The Balaban J connectivity index is 2.38. The molecule has 1 heterocycles. The van der Waals surface area contributed by atoms with Crippen molar-refractivity contribution in [1.82, 2.24) is 0 Å². The van der Waals surface area contributed by atoms with E-state index in [0.29, 0.717) is 11.3 Å². The van der Waals surface area contributed by atoms with Gasteiger partial charge in [-0.2, -0.15) is 0 Å². The summed E-state index contributed by atoms with van der Waals surface area (Å²) < 4.78 is 31.1. The Morgan fingerprint density at radius 3 is 2.50 bits per heavy atom. The second-order valence-electron chi connectivity index (χ2n) is 3.50. The third-order valence-electron chi connectivity index (χ3n) is 2.37. The van der Waals surface area contributed by atoms with Crippen LogP contribution in [0.4, 0.5) is 8.78 Å². The molecule has 0 amide bonds. The average molecular weight is 287 g/mol. The standard InChI is InChI=1S/C12H9BrF2O/c1-7-4-5-16-12(7)11(13)8-2-3-9(14)10(15)6-8/h2-6,11H,1H3. The van der Waals surface area contributed by atoms with E-state index in [1.807, 2.05) is 13.0 Å². The maximum absolute atomic E-state index is 13.1. The van der Waals surface area contributed by atoms with Crippen LogP contribution in [0.25, 0.3) is 0 Å². The number of aryl methyl sites for hydroxylation is 1. The minimum Gasteiger partial charge on any atom is -0.468 e. The Morgan fingerprint density at radius 1 is 1.19 bits per heavy atom. The Kier molecular flexibility index (Phi) is 3.10. The van der Waals surface area contributed by atoms with Crippen LogP contribution in [0.2, 0.25) is 0 Å². The molecule has 0 radical (unpaired) electrons. The van der Waals surface area contributed by atoms with E-state index in [2.05, 4.69) is 15.9 Å². The number of furan rings is 1. The van der Waals surface area contributed by atoms with Crippen molar-refractivity contribution >= 4 is 15.9 Å².